The second kappa shape index (κ2) is 7.39. The van der Waals surface area contributed by atoms with Crippen LogP contribution in [0.3, 0.4) is 0 Å². The number of nitrogens with zero attached hydrogens (tertiary/aromatic N) is 2. The van der Waals surface area contributed by atoms with Crippen LogP contribution < -0.4 is 10.1 Å². The van der Waals surface area contributed by atoms with Gasteiger partial charge in [0.25, 0.3) is 5.91 Å². The molecule has 4 rings (SSSR count). The van der Waals surface area contributed by atoms with Gasteiger partial charge >= 0.3 is 0 Å². The summed E-state index contributed by atoms with van der Waals surface area (Å²) in [6.45, 7) is 6.29. The van der Waals surface area contributed by atoms with Crippen molar-refractivity contribution in [2.75, 3.05) is 7.11 Å². The first-order chi connectivity index (χ1) is 13.8. The number of hydrogen-bond acceptors (Lipinski definition) is 3. The maximum atomic E-state index is 13.5. The van der Waals surface area contributed by atoms with E-state index in [0.29, 0.717) is 12.2 Å². The van der Waals surface area contributed by atoms with Gasteiger partial charge in [-0.15, -0.1) is 0 Å². The van der Waals surface area contributed by atoms with Crippen molar-refractivity contribution in [3.05, 3.63) is 30.0 Å². The van der Waals surface area contributed by atoms with Crippen LogP contribution in [-0.4, -0.2) is 46.0 Å². The average molecular weight is 398 g/mol. The largest absolute Gasteiger partial charge is 0.497 e. The van der Waals surface area contributed by atoms with Gasteiger partial charge in [-0.05, 0) is 51.8 Å². The topological polar surface area (TPSA) is 63.6 Å². The smallest absolute Gasteiger partial charge is 0.271 e. The van der Waals surface area contributed by atoms with Crippen LogP contribution in [0.15, 0.2) is 24.3 Å². The van der Waals surface area contributed by atoms with E-state index >= 15 is 0 Å². The fourth-order valence-corrected chi connectivity index (χ4v) is 5.01. The molecule has 1 atom stereocenters. The minimum absolute atomic E-state index is 0.0538. The SMILES string of the molecule is COc1ccc2cc3n(c2c1)CC(C)(C(=O)NC1CCCCC1)N(C(C)C)C3=O. The van der Waals surface area contributed by atoms with Gasteiger partial charge in [0, 0.05) is 23.5 Å². The summed E-state index contributed by atoms with van der Waals surface area (Å²) in [4.78, 5) is 28.7. The first-order valence-corrected chi connectivity index (χ1v) is 10.7. The maximum absolute atomic E-state index is 13.5. The third-order valence-corrected chi connectivity index (χ3v) is 6.49. The molecule has 2 aromatic rings. The molecule has 2 amide bonds. The summed E-state index contributed by atoms with van der Waals surface area (Å²) in [6, 6.07) is 7.85. The monoisotopic (exact) mass is 397 g/mol. The maximum Gasteiger partial charge on any atom is 0.271 e. The quantitative estimate of drug-likeness (QED) is 0.855. The molecule has 2 aliphatic rings. The fourth-order valence-electron chi connectivity index (χ4n) is 5.01. The zero-order chi connectivity index (χ0) is 20.8. The molecule has 0 spiro atoms. The second-order valence-corrected chi connectivity index (χ2v) is 8.89. The van der Waals surface area contributed by atoms with E-state index in [1.165, 1.54) is 6.42 Å². The number of hydrogen-bond donors (Lipinski definition) is 1. The number of carbonyl (C=O) groups is 2. The van der Waals surface area contributed by atoms with Gasteiger partial charge in [0.15, 0.2) is 0 Å². The molecule has 1 aliphatic carbocycles. The van der Waals surface area contributed by atoms with E-state index in [1.54, 1.807) is 12.0 Å². The van der Waals surface area contributed by atoms with E-state index in [9.17, 15) is 9.59 Å². The van der Waals surface area contributed by atoms with Crippen molar-refractivity contribution < 1.29 is 14.3 Å². The lowest BCUT2D eigenvalue weighted by atomic mass is 9.90. The first-order valence-electron chi connectivity index (χ1n) is 10.7. The number of ether oxygens (including phenoxy) is 1. The highest BCUT2D eigenvalue weighted by Gasteiger charge is 2.49. The number of methoxy groups -OCH3 is 1. The van der Waals surface area contributed by atoms with E-state index in [-0.39, 0.29) is 23.9 Å². The molecular weight excluding hydrogens is 366 g/mol. The van der Waals surface area contributed by atoms with Crippen molar-refractivity contribution >= 4 is 22.7 Å². The molecule has 1 aromatic carbocycles. The van der Waals surface area contributed by atoms with Gasteiger partial charge in [-0.1, -0.05) is 19.3 Å². The van der Waals surface area contributed by atoms with Gasteiger partial charge in [-0.2, -0.15) is 0 Å². The van der Waals surface area contributed by atoms with Gasteiger partial charge in [0.05, 0.1) is 19.2 Å². The Morgan fingerprint density at radius 3 is 2.59 bits per heavy atom. The molecular formula is C23H31N3O3. The molecule has 0 saturated heterocycles. The fraction of sp³-hybridized carbons (Fsp3) is 0.565. The molecule has 1 aliphatic heterocycles. The lowest BCUT2D eigenvalue weighted by molar-refractivity contribution is -0.134. The number of amides is 2. The molecule has 1 fully saturated rings. The third-order valence-electron chi connectivity index (χ3n) is 6.49. The normalized spacial score (nSPS) is 22.8. The van der Waals surface area contributed by atoms with Crippen molar-refractivity contribution in [3.8, 4) is 5.75 Å². The number of fused-ring (bicyclic) bond motifs is 3. The lowest BCUT2D eigenvalue weighted by Gasteiger charge is -2.47. The summed E-state index contributed by atoms with van der Waals surface area (Å²) in [5.41, 5.74) is 0.614. The number of rotatable bonds is 4. The van der Waals surface area contributed by atoms with Crippen LogP contribution in [0.1, 0.15) is 63.4 Å². The van der Waals surface area contributed by atoms with Crippen LogP contribution in [0.5, 0.6) is 5.75 Å². The minimum atomic E-state index is -0.940. The van der Waals surface area contributed by atoms with E-state index < -0.39 is 5.54 Å². The minimum Gasteiger partial charge on any atom is -0.497 e. The molecule has 1 saturated carbocycles. The molecule has 1 aromatic heterocycles. The highest BCUT2D eigenvalue weighted by atomic mass is 16.5. The highest BCUT2D eigenvalue weighted by molar-refractivity contribution is 6.04. The second-order valence-electron chi connectivity index (χ2n) is 8.89. The van der Waals surface area contributed by atoms with Gasteiger partial charge in [-0.25, -0.2) is 0 Å². The van der Waals surface area contributed by atoms with Gasteiger partial charge < -0.3 is 19.5 Å². The molecule has 1 N–H and O–H groups in total. The molecule has 0 bridgehead atoms. The number of aromatic nitrogens is 1. The Morgan fingerprint density at radius 1 is 1.21 bits per heavy atom. The molecule has 2 heterocycles. The molecule has 156 valence electrons. The van der Waals surface area contributed by atoms with Gasteiger partial charge in [0.2, 0.25) is 5.91 Å². The van der Waals surface area contributed by atoms with Gasteiger partial charge in [0.1, 0.15) is 17.0 Å². The average Bonchev–Trinajstić information content (AvgIpc) is 3.06. The lowest BCUT2D eigenvalue weighted by Crippen LogP contribution is -2.66. The zero-order valence-corrected chi connectivity index (χ0v) is 17.8. The predicted molar refractivity (Wildman–Crippen MR) is 113 cm³/mol. The van der Waals surface area contributed by atoms with E-state index in [2.05, 4.69) is 5.32 Å². The van der Waals surface area contributed by atoms with E-state index in [1.807, 2.05) is 49.6 Å². The van der Waals surface area contributed by atoms with Crippen LogP contribution in [0.2, 0.25) is 0 Å². The van der Waals surface area contributed by atoms with E-state index in [0.717, 1.165) is 42.3 Å². The Hall–Kier alpha value is -2.50. The van der Waals surface area contributed by atoms with Crippen molar-refractivity contribution in [2.24, 2.45) is 0 Å². The summed E-state index contributed by atoms with van der Waals surface area (Å²) < 4.78 is 7.37. The van der Waals surface area contributed by atoms with Crippen LogP contribution >= 0.6 is 0 Å². The molecule has 0 radical (unpaired) electrons. The number of nitrogens with one attached hydrogen (secondary N) is 1. The Kier molecular flexibility index (Phi) is 5.05. The van der Waals surface area contributed by atoms with Crippen molar-refractivity contribution in [3.63, 3.8) is 0 Å². The van der Waals surface area contributed by atoms with Crippen LogP contribution in [-0.2, 0) is 11.3 Å². The molecule has 29 heavy (non-hydrogen) atoms. The zero-order valence-electron chi connectivity index (χ0n) is 17.8. The summed E-state index contributed by atoms with van der Waals surface area (Å²) in [5.74, 6) is 0.593. The summed E-state index contributed by atoms with van der Waals surface area (Å²) in [6.07, 6.45) is 5.58. The Bertz CT molecular complexity index is 942. The van der Waals surface area contributed by atoms with Crippen LogP contribution in [0.4, 0.5) is 0 Å². The molecule has 1 unspecified atom stereocenters. The predicted octanol–water partition coefficient (Wildman–Crippen LogP) is 3.72. The van der Waals surface area contributed by atoms with Crippen LogP contribution in [0.25, 0.3) is 10.9 Å². The van der Waals surface area contributed by atoms with Crippen molar-refractivity contribution in [2.45, 2.75) is 77.0 Å². The number of benzene rings is 1. The van der Waals surface area contributed by atoms with Crippen molar-refractivity contribution in [1.29, 1.82) is 0 Å². The summed E-state index contributed by atoms with van der Waals surface area (Å²) >= 11 is 0. The number of carbonyl (C=O) groups excluding carboxylic acids is 2. The standard InChI is InChI=1S/C23H31N3O3/c1-15(2)26-21(27)20-12-16-10-11-18(29-4)13-19(16)25(20)14-23(26,3)22(28)24-17-8-6-5-7-9-17/h10-13,15,17H,5-9,14H2,1-4H3,(H,24,28). The Balaban J connectivity index is 1.75. The summed E-state index contributed by atoms with van der Waals surface area (Å²) in [5, 5.41) is 4.24. The van der Waals surface area contributed by atoms with Gasteiger partial charge in [-0.3, -0.25) is 9.59 Å². The Morgan fingerprint density at radius 2 is 1.93 bits per heavy atom. The van der Waals surface area contributed by atoms with Crippen LogP contribution in [0, 0.1) is 0 Å². The molecule has 6 heteroatoms. The Labute approximate surface area is 172 Å². The van der Waals surface area contributed by atoms with Crippen molar-refractivity contribution in [1.82, 2.24) is 14.8 Å². The third kappa shape index (κ3) is 3.28. The summed E-state index contributed by atoms with van der Waals surface area (Å²) in [7, 11) is 1.63. The highest BCUT2D eigenvalue weighted by Crippen LogP contribution is 2.35. The first kappa shape index (κ1) is 19.8. The van der Waals surface area contributed by atoms with E-state index in [4.69, 9.17) is 4.74 Å². The molecule has 6 nitrogen and oxygen atoms in total.